The van der Waals surface area contributed by atoms with Crippen LogP contribution in [-0.4, -0.2) is 30.2 Å². The van der Waals surface area contributed by atoms with Crippen LogP contribution >= 0.6 is 11.6 Å². The van der Waals surface area contributed by atoms with Gasteiger partial charge < -0.3 is 15.7 Å². The summed E-state index contributed by atoms with van der Waals surface area (Å²) >= 11 is 5.50. The predicted molar refractivity (Wildman–Crippen MR) is 78.8 cm³/mol. The van der Waals surface area contributed by atoms with Crippen molar-refractivity contribution in [1.82, 2.24) is 5.32 Å². The quantitative estimate of drug-likeness (QED) is 0.508. The number of aryl methyl sites for hydroxylation is 1. The lowest BCUT2D eigenvalue weighted by atomic mass is 10.1. The molecule has 0 unspecified atom stereocenters. The van der Waals surface area contributed by atoms with E-state index in [4.69, 9.17) is 16.7 Å². The van der Waals surface area contributed by atoms with Gasteiger partial charge in [-0.05, 0) is 37.0 Å². The normalized spacial score (nSPS) is 10.2. The van der Waals surface area contributed by atoms with Gasteiger partial charge in [0.25, 0.3) is 0 Å². The Bertz CT molecular complexity index is 385. The number of carbonyl (C=O) groups excluding carboxylic acids is 1. The van der Waals surface area contributed by atoms with E-state index in [9.17, 15) is 4.79 Å². The summed E-state index contributed by atoms with van der Waals surface area (Å²) < 4.78 is 0. The van der Waals surface area contributed by atoms with E-state index in [2.05, 4.69) is 10.6 Å². The number of amides is 2. The van der Waals surface area contributed by atoms with Crippen LogP contribution in [0, 0.1) is 0 Å². The molecule has 1 aromatic rings. The van der Waals surface area contributed by atoms with Gasteiger partial charge in [0.05, 0.1) is 0 Å². The summed E-state index contributed by atoms with van der Waals surface area (Å²) in [5.41, 5.74) is 1.97. The number of aliphatic hydroxyl groups is 1. The Balaban J connectivity index is 2.40. The first-order valence-corrected chi connectivity index (χ1v) is 7.10. The van der Waals surface area contributed by atoms with Crippen molar-refractivity contribution in [3.63, 3.8) is 0 Å². The average molecular weight is 285 g/mol. The van der Waals surface area contributed by atoms with Crippen LogP contribution in [0.15, 0.2) is 24.3 Å². The first-order valence-electron chi connectivity index (χ1n) is 6.57. The van der Waals surface area contributed by atoms with Crippen molar-refractivity contribution >= 4 is 23.3 Å². The van der Waals surface area contributed by atoms with E-state index in [-0.39, 0.29) is 12.6 Å². The van der Waals surface area contributed by atoms with Crippen molar-refractivity contribution in [3.05, 3.63) is 29.8 Å². The molecule has 0 fully saturated rings. The molecule has 4 nitrogen and oxygen atoms in total. The Morgan fingerprint density at radius 2 is 2.11 bits per heavy atom. The zero-order valence-electron chi connectivity index (χ0n) is 11.0. The second kappa shape index (κ2) is 9.64. The number of hydrogen-bond acceptors (Lipinski definition) is 2. The first-order chi connectivity index (χ1) is 9.26. The van der Waals surface area contributed by atoms with Gasteiger partial charge in [0.1, 0.15) is 0 Å². The molecule has 1 rings (SSSR count). The number of rotatable bonds is 8. The number of benzene rings is 1. The first kappa shape index (κ1) is 15.8. The van der Waals surface area contributed by atoms with Crippen molar-refractivity contribution in [3.8, 4) is 0 Å². The number of aliphatic hydroxyl groups excluding tert-OH is 1. The largest absolute Gasteiger partial charge is 0.396 e. The number of carbonyl (C=O) groups is 1. The minimum atomic E-state index is -0.238. The highest BCUT2D eigenvalue weighted by Crippen LogP contribution is 2.13. The van der Waals surface area contributed by atoms with E-state index in [0.29, 0.717) is 12.4 Å². The van der Waals surface area contributed by atoms with Gasteiger partial charge in [-0.3, -0.25) is 0 Å². The number of halogens is 1. The summed E-state index contributed by atoms with van der Waals surface area (Å²) in [4.78, 5) is 11.5. The van der Waals surface area contributed by atoms with Crippen molar-refractivity contribution < 1.29 is 9.90 Å². The zero-order valence-corrected chi connectivity index (χ0v) is 11.7. The van der Waals surface area contributed by atoms with Gasteiger partial charge in [-0.2, -0.15) is 0 Å². The summed E-state index contributed by atoms with van der Waals surface area (Å²) in [6, 6.07) is 7.56. The molecular weight excluding hydrogens is 264 g/mol. The molecule has 0 atom stereocenters. The molecule has 1 aromatic carbocycles. The van der Waals surface area contributed by atoms with Gasteiger partial charge in [-0.25, -0.2) is 4.79 Å². The molecule has 0 saturated carbocycles. The molecular formula is C14H21ClN2O2. The van der Waals surface area contributed by atoms with E-state index in [1.54, 1.807) is 0 Å². The molecule has 106 valence electrons. The van der Waals surface area contributed by atoms with Crippen molar-refractivity contribution in [2.45, 2.75) is 25.7 Å². The molecule has 0 aliphatic heterocycles. The van der Waals surface area contributed by atoms with E-state index in [1.165, 1.54) is 5.56 Å². The minimum absolute atomic E-state index is 0.238. The molecule has 0 aliphatic rings. The molecule has 0 spiro atoms. The molecule has 0 radical (unpaired) electrons. The Morgan fingerprint density at radius 1 is 1.26 bits per heavy atom. The maximum Gasteiger partial charge on any atom is 0.319 e. The second-order valence-electron chi connectivity index (χ2n) is 4.30. The van der Waals surface area contributed by atoms with Crippen LogP contribution in [0.1, 0.15) is 24.8 Å². The van der Waals surface area contributed by atoms with E-state index in [0.717, 1.165) is 31.4 Å². The number of anilines is 1. The lowest BCUT2D eigenvalue weighted by Crippen LogP contribution is -2.30. The topological polar surface area (TPSA) is 61.4 Å². The van der Waals surface area contributed by atoms with Crippen molar-refractivity contribution in [2.24, 2.45) is 0 Å². The number of nitrogens with one attached hydrogen (secondary N) is 2. The smallest absolute Gasteiger partial charge is 0.319 e. The molecule has 0 heterocycles. The zero-order chi connectivity index (χ0) is 13.9. The van der Waals surface area contributed by atoms with Gasteiger partial charge in [0.15, 0.2) is 0 Å². The van der Waals surface area contributed by atoms with Crippen LogP contribution < -0.4 is 10.6 Å². The molecule has 5 heteroatoms. The highest BCUT2D eigenvalue weighted by atomic mass is 35.5. The number of hydrogen-bond donors (Lipinski definition) is 3. The SMILES string of the molecule is O=C(NCCCl)Nc1cccc(CCCCCO)c1. The van der Waals surface area contributed by atoms with Gasteiger partial charge >= 0.3 is 6.03 Å². The maximum atomic E-state index is 11.5. The van der Waals surface area contributed by atoms with Gasteiger partial charge in [-0.1, -0.05) is 18.6 Å². The third kappa shape index (κ3) is 7.03. The van der Waals surface area contributed by atoms with Crippen LogP contribution in [-0.2, 0) is 6.42 Å². The van der Waals surface area contributed by atoms with Crippen molar-refractivity contribution in [2.75, 3.05) is 24.3 Å². The predicted octanol–water partition coefficient (Wildman–Crippen LogP) is 2.75. The number of urea groups is 1. The number of unbranched alkanes of at least 4 members (excludes halogenated alkanes) is 2. The third-order valence-electron chi connectivity index (χ3n) is 2.69. The maximum absolute atomic E-state index is 11.5. The summed E-state index contributed by atoms with van der Waals surface area (Å²) in [5.74, 6) is 0.401. The van der Waals surface area contributed by atoms with Crippen molar-refractivity contribution in [1.29, 1.82) is 0 Å². The fourth-order valence-corrected chi connectivity index (χ4v) is 1.85. The summed E-state index contributed by atoms with van der Waals surface area (Å²) in [7, 11) is 0. The highest BCUT2D eigenvalue weighted by molar-refractivity contribution is 6.18. The molecule has 0 aliphatic carbocycles. The van der Waals surface area contributed by atoms with E-state index < -0.39 is 0 Å². The lowest BCUT2D eigenvalue weighted by Gasteiger charge is -2.08. The number of alkyl halides is 1. The standard InChI is InChI=1S/C14H21ClN2O2/c15-8-9-16-14(19)17-13-7-4-6-12(11-13)5-2-1-3-10-18/h4,6-7,11,18H,1-3,5,8-10H2,(H2,16,17,19). The summed E-state index contributed by atoms with van der Waals surface area (Å²) in [6.07, 6.45) is 3.87. The monoisotopic (exact) mass is 284 g/mol. The third-order valence-corrected chi connectivity index (χ3v) is 2.88. The van der Waals surface area contributed by atoms with Crippen LogP contribution in [0.4, 0.5) is 10.5 Å². The molecule has 3 N–H and O–H groups in total. The van der Waals surface area contributed by atoms with E-state index in [1.807, 2.05) is 24.3 Å². The van der Waals surface area contributed by atoms with Crippen LogP contribution in [0.5, 0.6) is 0 Å². The minimum Gasteiger partial charge on any atom is -0.396 e. The van der Waals surface area contributed by atoms with Gasteiger partial charge in [0, 0.05) is 24.7 Å². The van der Waals surface area contributed by atoms with Crippen LogP contribution in [0.2, 0.25) is 0 Å². The summed E-state index contributed by atoms with van der Waals surface area (Å²) in [5, 5.41) is 14.1. The van der Waals surface area contributed by atoms with Crippen LogP contribution in [0.25, 0.3) is 0 Å². The Hall–Kier alpha value is -1.26. The second-order valence-corrected chi connectivity index (χ2v) is 4.68. The average Bonchev–Trinajstić information content (AvgIpc) is 2.42. The molecule has 19 heavy (non-hydrogen) atoms. The Labute approximate surface area is 119 Å². The fraction of sp³-hybridized carbons (Fsp3) is 0.500. The molecule has 0 saturated heterocycles. The Morgan fingerprint density at radius 3 is 2.84 bits per heavy atom. The lowest BCUT2D eigenvalue weighted by molar-refractivity contribution is 0.252. The molecule has 0 bridgehead atoms. The summed E-state index contributed by atoms with van der Waals surface area (Å²) in [6.45, 7) is 0.705. The highest BCUT2D eigenvalue weighted by Gasteiger charge is 2.01. The van der Waals surface area contributed by atoms with Gasteiger partial charge in [-0.15, -0.1) is 11.6 Å². The fourth-order valence-electron chi connectivity index (χ4n) is 1.76. The Kier molecular flexibility index (Phi) is 8.02. The van der Waals surface area contributed by atoms with Gasteiger partial charge in [0.2, 0.25) is 0 Å². The van der Waals surface area contributed by atoms with E-state index >= 15 is 0 Å². The molecule has 0 aromatic heterocycles. The van der Waals surface area contributed by atoms with Crippen LogP contribution in [0.3, 0.4) is 0 Å². The molecule has 2 amide bonds.